The van der Waals surface area contributed by atoms with E-state index in [1.807, 2.05) is 54.6 Å². The molecule has 0 spiro atoms. The number of thiophene rings is 1. The predicted octanol–water partition coefficient (Wildman–Crippen LogP) is 10.4. The molecular formula is C43H29N5S. The molecule has 232 valence electrons. The second-order valence-corrected chi connectivity index (χ2v) is 13.1. The minimum Gasteiger partial charge on any atom is -0.359 e. The number of nitrogens with one attached hydrogen (secondary N) is 1. The maximum atomic E-state index is 5.12. The molecule has 1 aliphatic rings. The lowest BCUT2D eigenvalue weighted by Crippen LogP contribution is -2.31. The fourth-order valence-corrected chi connectivity index (χ4v) is 7.46. The Morgan fingerprint density at radius 2 is 1.02 bits per heavy atom. The van der Waals surface area contributed by atoms with Crippen LogP contribution in [-0.4, -0.2) is 20.8 Å². The Labute approximate surface area is 288 Å². The molecule has 0 saturated heterocycles. The highest BCUT2D eigenvalue weighted by Crippen LogP contribution is 2.36. The van der Waals surface area contributed by atoms with Crippen molar-refractivity contribution in [1.29, 1.82) is 0 Å². The van der Waals surface area contributed by atoms with Gasteiger partial charge in [-0.2, -0.15) is 0 Å². The number of aromatic nitrogens is 3. The largest absolute Gasteiger partial charge is 0.359 e. The van der Waals surface area contributed by atoms with E-state index < -0.39 is 0 Å². The zero-order valence-corrected chi connectivity index (χ0v) is 27.2. The standard InChI is InChI=1S/C43H29N5S/c1-4-13-28(14-5-1)36-27-37(45-40(44-36)29-15-6-2-7-16-29)31-19-12-20-32(25-31)42-46-41(30-17-8-3-9-18-30)47-43(48-42)33-23-24-35-34-21-10-11-22-38(34)49-39(35)26-33/h1-27,36H,(H,44,45). The highest BCUT2D eigenvalue weighted by molar-refractivity contribution is 7.25. The van der Waals surface area contributed by atoms with Crippen LogP contribution in [0.2, 0.25) is 0 Å². The maximum absolute atomic E-state index is 5.12. The lowest BCUT2D eigenvalue weighted by atomic mass is 9.99. The van der Waals surface area contributed by atoms with E-state index in [0.29, 0.717) is 17.5 Å². The molecule has 6 aromatic carbocycles. The van der Waals surface area contributed by atoms with Gasteiger partial charge < -0.3 is 5.32 Å². The summed E-state index contributed by atoms with van der Waals surface area (Å²) in [5.74, 6) is 2.73. The highest BCUT2D eigenvalue weighted by atomic mass is 32.1. The third-order valence-electron chi connectivity index (χ3n) is 8.78. The van der Waals surface area contributed by atoms with Crippen molar-refractivity contribution >= 4 is 43.0 Å². The molecule has 3 heterocycles. The molecule has 0 fully saturated rings. The SMILES string of the molecule is C1=C(c2cccc(-c3nc(-c4ccccc4)nc(-c4ccc5c(c4)sc4ccccc45)n3)c2)N=C(c2ccccc2)NC1c1ccccc1. The average Bonchev–Trinajstić information content (AvgIpc) is 3.57. The number of nitrogens with zero attached hydrogens (tertiary/aromatic N) is 4. The van der Waals surface area contributed by atoms with Crippen LogP contribution in [0.4, 0.5) is 0 Å². The first-order valence-corrected chi connectivity index (χ1v) is 17.1. The smallest absolute Gasteiger partial charge is 0.164 e. The second-order valence-electron chi connectivity index (χ2n) is 12.0. The maximum Gasteiger partial charge on any atom is 0.164 e. The Kier molecular flexibility index (Phi) is 7.33. The second kappa shape index (κ2) is 12.4. The van der Waals surface area contributed by atoms with Gasteiger partial charge in [-0.05, 0) is 29.8 Å². The number of fused-ring (bicyclic) bond motifs is 3. The summed E-state index contributed by atoms with van der Waals surface area (Å²) in [5.41, 5.74) is 6.88. The predicted molar refractivity (Wildman–Crippen MR) is 202 cm³/mol. The number of hydrogen-bond donors (Lipinski definition) is 1. The quantitative estimate of drug-likeness (QED) is 0.195. The Balaban J connectivity index is 1.16. The Morgan fingerprint density at radius 3 is 1.78 bits per heavy atom. The molecule has 1 atom stereocenters. The lowest BCUT2D eigenvalue weighted by molar-refractivity contribution is 0.781. The zero-order valence-electron chi connectivity index (χ0n) is 26.4. The summed E-state index contributed by atoms with van der Waals surface area (Å²) >= 11 is 1.79. The molecule has 9 rings (SSSR count). The molecule has 5 nitrogen and oxygen atoms in total. The van der Waals surface area contributed by atoms with Gasteiger partial charge in [0.15, 0.2) is 17.5 Å². The van der Waals surface area contributed by atoms with Crippen molar-refractivity contribution in [3.63, 3.8) is 0 Å². The van der Waals surface area contributed by atoms with E-state index in [9.17, 15) is 0 Å². The van der Waals surface area contributed by atoms with Gasteiger partial charge in [-0.25, -0.2) is 19.9 Å². The van der Waals surface area contributed by atoms with Crippen LogP contribution >= 0.6 is 11.3 Å². The minimum atomic E-state index is -0.0372. The lowest BCUT2D eigenvalue weighted by Gasteiger charge is -2.24. The van der Waals surface area contributed by atoms with Gasteiger partial charge in [-0.1, -0.05) is 140 Å². The number of rotatable bonds is 6. The van der Waals surface area contributed by atoms with Gasteiger partial charge in [0.05, 0.1) is 11.7 Å². The molecule has 0 amide bonds. The molecule has 1 aliphatic heterocycles. The van der Waals surface area contributed by atoms with Crippen LogP contribution < -0.4 is 5.32 Å². The summed E-state index contributed by atoms with van der Waals surface area (Å²) in [5, 5.41) is 6.16. The van der Waals surface area contributed by atoms with Gasteiger partial charge in [-0.3, -0.25) is 0 Å². The third kappa shape index (κ3) is 5.69. The van der Waals surface area contributed by atoms with E-state index in [2.05, 4.69) is 115 Å². The summed E-state index contributed by atoms with van der Waals surface area (Å²) < 4.78 is 2.48. The van der Waals surface area contributed by atoms with Gasteiger partial charge in [0.1, 0.15) is 5.84 Å². The highest BCUT2D eigenvalue weighted by Gasteiger charge is 2.20. The fraction of sp³-hybridized carbons (Fsp3) is 0.0233. The van der Waals surface area contributed by atoms with Crippen LogP contribution in [0.1, 0.15) is 22.7 Å². The number of amidine groups is 1. The molecule has 1 N–H and O–H groups in total. The van der Waals surface area contributed by atoms with Gasteiger partial charge in [0.2, 0.25) is 0 Å². The summed E-state index contributed by atoms with van der Waals surface area (Å²) in [7, 11) is 0. The van der Waals surface area contributed by atoms with E-state index in [1.165, 1.54) is 25.7 Å². The molecule has 0 saturated carbocycles. The van der Waals surface area contributed by atoms with E-state index >= 15 is 0 Å². The fourth-order valence-electron chi connectivity index (χ4n) is 6.31. The molecular weight excluding hydrogens is 619 g/mol. The molecule has 49 heavy (non-hydrogen) atoms. The molecule has 0 bridgehead atoms. The van der Waals surface area contributed by atoms with Crippen molar-refractivity contribution in [2.45, 2.75) is 6.04 Å². The molecule has 2 aromatic heterocycles. The van der Waals surface area contributed by atoms with Gasteiger partial charge in [-0.15, -0.1) is 11.3 Å². The van der Waals surface area contributed by atoms with Gasteiger partial charge in [0, 0.05) is 48.0 Å². The van der Waals surface area contributed by atoms with Crippen LogP contribution in [-0.2, 0) is 0 Å². The average molecular weight is 648 g/mol. The number of aliphatic imine (C=N–C) groups is 1. The van der Waals surface area contributed by atoms with Crippen LogP contribution in [0.3, 0.4) is 0 Å². The Bertz CT molecular complexity index is 2520. The van der Waals surface area contributed by atoms with Crippen LogP contribution in [0.25, 0.3) is 60.0 Å². The summed E-state index contributed by atoms with van der Waals surface area (Å²) in [6.45, 7) is 0. The van der Waals surface area contributed by atoms with E-state index in [1.54, 1.807) is 11.3 Å². The van der Waals surface area contributed by atoms with Crippen LogP contribution in [0, 0.1) is 0 Å². The van der Waals surface area contributed by atoms with E-state index in [-0.39, 0.29) is 6.04 Å². The van der Waals surface area contributed by atoms with Crippen molar-refractivity contribution in [3.05, 3.63) is 180 Å². The minimum absolute atomic E-state index is 0.0372. The normalized spacial score (nSPS) is 14.3. The Morgan fingerprint density at radius 1 is 0.449 bits per heavy atom. The van der Waals surface area contributed by atoms with Crippen molar-refractivity contribution in [3.8, 4) is 34.2 Å². The topological polar surface area (TPSA) is 63.1 Å². The van der Waals surface area contributed by atoms with Gasteiger partial charge in [0.25, 0.3) is 0 Å². The summed E-state index contributed by atoms with van der Waals surface area (Å²) in [6.07, 6.45) is 2.19. The molecule has 6 heteroatoms. The number of benzene rings is 6. The first kappa shape index (κ1) is 28.9. The van der Waals surface area contributed by atoms with Crippen LogP contribution in [0.5, 0.6) is 0 Å². The summed E-state index contributed by atoms with van der Waals surface area (Å²) in [6, 6.07) is 54.2. The third-order valence-corrected chi connectivity index (χ3v) is 9.91. The summed E-state index contributed by atoms with van der Waals surface area (Å²) in [4.78, 5) is 20.2. The Hall–Kier alpha value is -6.24. The molecule has 1 unspecified atom stereocenters. The van der Waals surface area contributed by atoms with Crippen molar-refractivity contribution < 1.29 is 0 Å². The van der Waals surface area contributed by atoms with E-state index in [4.69, 9.17) is 19.9 Å². The first-order chi connectivity index (χ1) is 24.2. The van der Waals surface area contributed by atoms with Crippen molar-refractivity contribution in [1.82, 2.24) is 20.3 Å². The van der Waals surface area contributed by atoms with Gasteiger partial charge >= 0.3 is 0 Å². The molecule has 0 aliphatic carbocycles. The van der Waals surface area contributed by atoms with Crippen molar-refractivity contribution in [2.24, 2.45) is 4.99 Å². The molecule has 0 radical (unpaired) electrons. The zero-order chi connectivity index (χ0) is 32.6. The number of hydrogen-bond acceptors (Lipinski definition) is 6. The van der Waals surface area contributed by atoms with Crippen LogP contribution in [0.15, 0.2) is 169 Å². The van der Waals surface area contributed by atoms with E-state index in [0.717, 1.165) is 39.3 Å². The molecule has 8 aromatic rings. The monoisotopic (exact) mass is 647 g/mol. The van der Waals surface area contributed by atoms with Crippen molar-refractivity contribution in [2.75, 3.05) is 0 Å². The first-order valence-electron chi connectivity index (χ1n) is 16.3.